The summed E-state index contributed by atoms with van der Waals surface area (Å²) in [6.45, 7) is 5.65. The Balaban J connectivity index is 2.13. The molecule has 0 spiro atoms. The van der Waals surface area contributed by atoms with E-state index in [-0.39, 0.29) is 23.1 Å². The van der Waals surface area contributed by atoms with E-state index in [1.54, 1.807) is 17.8 Å². The van der Waals surface area contributed by atoms with Crippen LogP contribution < -0.4 is 0 Å². The van der Waals surface area contributed by atoms with Gasteiger partial charge in [0.15, 0.2) is 0 Å². The highest BCUT2D eigenvalue weighted by Crippen LogP contribution is 2.40. The van der Waals surface area contributed by atoms with Gasteiger partial charge >= 0.3 is 5.97 Å². The van der Waals surface area contributed by atoms with Crippen molar-refractivity contribution in [3.63, 3.8) is 0 Å². The second-order valence-electron chi connectivity index (χ2n) is 3.70. The van der Waals surface area contributed by atoms with Crippen LogP contribution in [0.15, 0.2) is 24.4 Å². The maximum absolute atomic E-state index is 11.7. The molecule has 1 amide bonds. The van der Waals surface area contributed by atoms with E-state index >= 15 is 0 Å². The first-order chi connectivity index (χ1) is 7.63. The Labute approximate surface area is 98.3 Å². The molecule has 1 unspecified atom stereocenters. The van der Waals surface area contributed by atoms with Gasteiger partial charge in [0, 0.05) is 5.25 Å². The number of fused-ring (bicyclic) bond motifs is 1. The highest BCUT2D eigenvalue weighted by atomic mass is 32.2. The van der Waals surface area contributed by atoms with Crippen molar-refractivity contribution in [1.29, 1.82) is 0 Å². The first-order valence-electron chi connectivity index (χ1n) is 5.11. The number of carbonyl (C=O) groups is 2. The van der Waals surface area contributed by atoms with E-state index in [1.165, 1.54) is 11.0 Å². The monoisotopic (exact) mass is 239 g/mol. The average molecular weight is 239 g/mol. The number of esters is 1. The van der Waals surface area contributed by atoms with Crippen LogP contribution in [-0.2, 0) is 14.3 Å². The number of rotatable bonds is 3. The van der Waals surface area contributed by atoms with Gasteiger partial charge in [0.2, 0.25) is 5.91 Å². The largest absolute Gasteiger partial charge is 0.457 e. The molecule has 5 heteroatoms. The summed E-state index contributed by atoms with van der Waals surface area (Å²) in [6.07, 6.45) is 3.81. The number of hydrogen-bond acceptors (Lipinski definition) is 4. The number of carbonyl (C=O) groups excluding carboxylic acids is 2. The molecule has 4 nitrogen and oxygen atoms in total. The van der Waals surface area contributed by atoms with Crippen molar-refractivity contribution in [3.8, 4) is 0 Å². The van der Waals surface area contributed by atoms with Crippen molar-refractivity contribution in [2.24, 2.45) is 0 Å². The molecule has 0 bridgehead atoms. The molecule has 2 atom stereocenters. The molecular formula is C11H13NO3S. The van der Waals surface area contributed by atoms with Crippen molar-refractivity contribution in [2.75, 3.05) is 6.61 Å². The van der Waals surface area contributed by atoms with E-state index in [1.807, 2.05) is 6.92 Å². The van der Waals surface area contributed by atoms with E-state index in [4.69, 9.17) is 4.74 Å². The van der Waals surface area contributed by atoms with E-state index in [0.29, 0.717) is 12.1 Å². The zero-order valence-electron chi connectivity index (χ0n) is 9.01. The van der Waals surface area contributed by atoms with E-state index in [2.05, 4.69) is 6.58 Å². The Morgan fingerprint density at radius 3 is 3.19 bits per heavy atom. The minimum Gasteiger partial charge on any atom is -0.457 e. The molecule has 2 heterocycles. The van der Waals surface area contributed by atoms with Crippen molar-refractivity contribution in [1.82, 2.24) is 4.90 Å². The number of hydrogen-bond donors (Lipinski definition) is 0. The molecule has 2 rings (SSSR count). The summed E-state index contributed by atoms with van der Waals surface area (Å²) in [5.74, 6) is -0.448. The Morgan fingerprint density at radius 1 is 1.81 bits per heavy atom. The SMILES string of the molecule is C=CCOC(=O)C1=CC(C)S[C@@H]2CC(=O)N12. The van der Waals surface area contributed by atoms with Crippen molar-refractivity contribution in [3.05, 3.63) is 24.4 Å². The molecule has 1 saturated heterocycles. The molecule has 0 radical (unpaired) electrons. The predicted molar refractivity (Wildman–Crippen MR) is 61.5 cm³/mol. The summed E-state index contributed by atoms with van der Waals surface area (Å²) in [6, 6.07) is 0. The standard InChI is InChI=1S/C11H13NO3S/c1-3-4-15-11(14)8-5-7(2)16-10-6-9(13)12(8)10/h3,5,7,10H,1,4,6H2,2H3/t7?,10-/m1/s1. The summed E-state index contributed by atoms with van der Waals surface area (Å²) in [7, 11) is 0. The maximum atomic E-state index is 11.7. The lowest BCUT2D eigenvalue weighted by Crippen LogP contribution is -2.54. The first kappa shape index (κ1) is 11.3. The minimum atomic E-state index is -0.440. The van der Waals surface area contributed by atoms with Crippen LogP contribution in [0.4, 0.5) is 0 Å². The number of thioether (sulfide) groups is 1. The molecular weight excluding hydrogens is 226 g/mol. The van der Waals surface area contributed by atoms with Gasteiger partial charge < -0.3 is 4.74 Å². The molecule has 2 aliphatic rings. The summed E-state index contributed by atoms with van der Waals surface area (Å²) < 4.78 is 4.95. The van der Waals surface area contributed by atoms with Crippen molar-refractivity contribution in [2.45, 2.75) is 24.0 Å². The molecule has 1 fully saturated rings. The summed E-state index contributed by atoms with van der Waals surface area (Å²) in [4.78, 5) is 24.6. The predicted octanol–water partition coefficient (Wildman–Crippen LogP) is 1.29. The van der Waals surface area contributed by atoms with E-state index < -0.39 is 5.97 Å². The van der Waals surface area contributed by atoms with Crippen LogP contribution in [0.25, 0.3) is 0 Å². The number of amides is 1. The topological polar surface area (TPSA) is 46.6 Å². The number of β-lactam (4-membered cyclic amide) rings is 1. The Morgan fingerprint density at radius 2 is 2.56 bits per heavy atom. The Bertz CT molecular complexity index is 377. The lowest BCUT2D eigenvalue weighted by Gasteiger charge is -2.44. The lowest BCUT2D eigenvalue weighted by atomic mass is 10.1. The van der Waals surface area contributed by atoms with Crippen molar-refractivity contribution < 1.29 is 14.3 Å². The molecule has 0 N–H and O–H groups in total. The van der Waals surface area contributed by atoms with Gasteiger partial charge in [-0.05, 0) is 13.0 Å². The summed E-state index contributed by atoms with van der Waals surface area (Å²) in [5.41, 5.74) is 0.384. The highest BCUT2D eigenvalue weighted by molar-refractivity contribution is 8.00. The average Bonchev–Trinajstić information content (AvgIpc) is 2.23. The molecule has 0 aromatic rings. The smallest absolute Gasteiger partial charge is 0.355 e. The molecule has 0 aromatic heterocycles. The lowest BCUT2D eigenvalue weighted by molar-refractivity contribution is -0.148. The maximum Gasteiger partial charge on any atom is 0.355 e. The fourth-order valence-electron chi connectivity index (χ4n) is 1.75. The summed E-state index contributed by atoms with van der Waals surface area (Å²) in [5, 5.41) is 0.347. The van der Waals surface area contributed by atoms with Crippen LogP contribution >= 0.6 is 11.8 Å². The van der Waals surface area contributed by atoms with Gasteiger partial charge in [0.25, 0.3) is 0 Å². The van der Waals surface area contributed by atoms with Gasteiger partial charge in [-0.2, -0.15) is 0 Å². The Kier molecular flexibility index (Phi) is 3.05. The summed E-state index contributed by atoms with van der Waals surface area (Å²) >= 11 is 1.69. The molecule has 86 valence electrons. The molecule has 0 aromatic carbocycles. The van der Waals surface area contributed by atoms with Crippen LogP contribution in [0.2, 0.25) is 0 Å². The van der Waals surface area contributed by atoms with Gasteiger partial charge in [-0.15, -0.1) is 11.8 Å². The molecule has 2 aliphatic heterocycles. The Hall–Kier alpha value is -1.23. The third kappa shape index (κ3) is 1.87. The minimum absolute atomic E-state index is 0.00815. The quantitative estimate of drug-likeness (QED) is 0.423. The first-order valence-corrected chi connectivity index (χ1v) is 6.05. The number of nitrogens with zero attached hydrogens (tertiary/aromatic N) is 1. The van der Waals surface area contributed by atoms with E-state index in [0.717, 1.165) is 0 Å². The molecule has 0 saturated carbocycles. The molecule has 0 aliphatic carbocycles. The van der Waals surface area contributed by atoms with Gasteiger partial charge in [-0.25, -0.2) is 4.79 Å². The van der Waals surface area contributed by atoms with Crippen LogP contribution in [0, 0.1) is 0 Å². The third-order valence-corrected chi connectivity index (χ3v) is 3.73. The van der Waals surface area contributed by atoms with Crippen LogP contribution in [0.3, 0.4) is 0 Å². The fourth-order valence-corrected chi connectivity index (χ4v) is 3.04. The second-order valence-corrected chi connectivity index (χ2v) is 5.26. The highest BCUT2D eigenvalue weighted by Gasteiger charge is 2.44. The zero-order valence-corrected chi connectivity index (χ0v) is 9.83. The van der Waals surface area contributed by atoms with Crippen LogP contribution in [0.1, 0.15) is 13.3 Å². The van der Waals surface area contributed by atoms with Gasteiger partial charge in [-0.1, -0.05) is 12.7 Å². The van der Waals surface area contributed by atoms with Gasteiger partial charge in [0.05, 0.1) is 11.8 Å². The van der Waals surface area contributed by atoms with Crippen LogP contribution in [0.5, 0.6) is 0 Å². The van der Waals surface area contributed by atoms with Gasteiger partial charge in [-0.3, -0.25) is 9.69 Å². The van der Waals surface area contributed by atoms with Crippen LogP contribution in [-0.4, -0.2) is 34.0 Å². The molecule has 16 heavy (non-hydrogen) atoms. The number of ether oxygens (including phenoxy) is 1. The second kappa shape index (κ2) is 4.33. The normalized spacial score (nSPS) is 27.7. The zero-order chi connectivity index (χ0) is 11.7. The van der Waals surface area contributed by atoms with E-state index in [9.17, 15) is 9.59 Å². The van der Waals surface area contributed by atoms with Gasteiger partial charge in [0.1, 0.15) is 12.3 Å². The fraction of sp³-hybridized carbons (Fsp3) is 0.455. The third-order valence-electron chi connectivity index (χ3n) is 2.47. The van der Waals surface area contributed by atoms with Crippen molar-refractivity contribution >= 4 is 23.6 Å².